The van der Waals surface area contributed by atoms with Gasteiger partial charge in [-0.2, -0.15) is 0 Å². The number of hydrogen-bond acceptors (Lipinski definition) is 2. The van der Waals surface area contributed by atoms with Gasteiger partial charge in [-0.1, -0.05) is 26.2 Å². The van der Waals surface area contributed by atoms with Crippen molar-refractivity contribution in [2.75, 3.05) is 13.2 Å². The second-order valence-electron chi connectivity index (χ2n) is 5.39. The highest BCUT2D eigenvalue weighted by atomic mass is 16.5. The van der Waals surface area contributed by atoms with E-state index in [1.54, 1.807) is 0 Å². The molecule has 2 fully saturated rings. The van der Waals surface area contributed by atoms with Crippen molar-refractivity contribution < 1.29 is 14.6 Å². The monoisotopic (exact) mass is 226 g/mol. The van der Waals surface area contributed by atoms with Crippen LogP contribution in [0.1, 0.15) is 45.4 Å². The highest BCUT2D eigenvalue weighted by Crippen LogP contribution is 2.46. The van der Waals surface area contributed by atoms with Crippen molar-refractivity contribution >= 4 is 5.97 Å². The van der Waals surface area contributed by atoms with E-state index < -0.39 is 11.4 Å². The lowest BCUT2D eigenvalue weighted by molar-refractivity contribution is -0.153. The first-order valence-electron chi connectivity index (χ1n) is 6.50. The second-order valence-corrected chi connectivity index (χ2v) is 5.39. The van der Waals surface area contributed by atoms with Gasteiger partial charge in [0.15, 0.2) is 0 Å². The van der Waals surface area contributed by atoms with E-state index >= 15 is 0 Å². The average molecular weight is 226 g/mol. The van der Waals surface area contributed by atoms with Gasteiger partial charge in [-0.3, -0.25) is 4.79 Å². The maximum Gasteiger partial charge on any atom is 0.312 e. The van der Waals surface area contributed by atoms with Crippen LogP contribution >= 0.6 is 0 Å². The van der Waals surface area contributed by atoms with E-state index in [0.717, 1.165) is 18.8 Å². The smallest absolute Gasteiger partial charge is 0.312 e. The summed E-state index contributed by atoms with van der Waals surface area (Å²) >= 11 is 0. The summed E-state index contributed by atoms with van der Waals surface area (Å²) in [4.78, 5) is 11.5. The van der Waals surface area contributed by atoms with Gasteiger partial charge >= 0.3 is 5.97 Å². The molecule has 1 aliphatic heterocycles. The van der Waals surface area contributed by atoms with Crippen molar-refractivity contribution in [1.82, 2.24) is 0 Å². The molecule has 0 aromatic heterocycles. The van der Waals surface area contributed by atoms with Crippen LogP contribution in [0.5, 0.6) is 0 Å². The molecule has 16 heavy (non-hydrogen) atoms. The fourth-order valence-electron chi connectivity index (χ4n) is 3.37. The predicted octanol–water partition coefficient (Wildman–Crippen LogP) is 2.69. The molecule has 0 aromatic carbocycles. The van der Waals surface area contributed by atoms with Gasteiger partial charge < -0.3 is 9.84 Å². The van der Waals surface area contributed by atoms with Crippen LogP contribution in [0.4, 0.5) is 0 Å². The van der Waals surface area contributed by atoms with Crippen LogP contribution in [0.15, 0.2) is 0 Å². The Morgan fingerprint density at radius 2 is 2.06 bits per heavy atom. The molecule has 1 aliphatic carbocycles. The molecule has 1 saturated heterocycles. The minimum Gasteiger partial charge on any atom is -0.481 e. The zero-order valence-electron chi connectivity index (χ0n) is 10.1. The standard InChI is InChI=1S/C13H22O3/c1-2-10-3-5-11(6-4-10)13(12(14)15)7-8-16-9-13/h10-11H,2-9H2,1H3,(H,14,15). The normalized spacial score (nSPS) is 39.8. The van der Waals surface area contributed by atoms with E-state index in [-0.39, 0.29) is 0 Å². The lowest BCUT2D eigenvalue weighted by Gasteiger charge is -2.37. The van der Waals surface area contributed by atoms with Crippen molar-refractivity contribution in [1.29, 1.82) is 0 Å². The highest BCUT2D eigenvalue weighted by Gasteiger charge is 2.49. The number of aliphatic carboxylic acids is 1. The van der Waals surface area contributed by atoms with Crippen LogP contribution in [0.2, 0.25) is 0 Å². The summed E-state index contributed by atoms with van der Waals surface area (Å²) in [5, 5.41) is 9.46. The van der Waals surface area contributed by atoms with Crippen molar-refractivity contribution in [3.8, 4) is 0 Å². The summed E-state index contributed by atoms with van der Waals surface area (Å²) in [6.07, 6.45) is 6.52. The Bertz CT molecular complexity index is 248. The SMILES string of the molecule is CCC1CCC(C2(C(=O)O)CCOC2)CC1. The fourth-order valence-corrected chi connectivity index (χ4v) is 3.37. The lowest BCUT2D eigenvalue weighted by atomic mass is 9.66. The van der Waals surface area contributed by atoms with Gasteiger partial charge in [0, 0.05) is 6.61 Å². The van der Waals surface area contributed by atoms with E-state index in [1.807, 2.05) is 0 Å². The van der Waals surface area contributed by atoms with E-state index in [1.165, 1.54) is 19.3 Å². The van der Waals surface area contributed by atoms with Crippen LogP contribution in [-0.4, -0.2) is 24.3 Å². The third-order valence-electron chi connectivity index (χ3n) is 4.68. The van der Waals surface area contributed by atoms with Crippen molar-refractivity contribution in [3.05, 3.63) is 0 Å². The molecule has 0 spiro atoms. The van der Waals surface area contributed by atoms with Gasteiger partial charge in [0.1, 0.15) is 0 Å². The molecule has 2 aliphatic rings. The largest absolute Gasteiger partial charge is 0.481 e. The molecular weight excluding hydrogens is 204 g/mol. The Balaban J connectivity index is 2.03. The molecule has 3 nitrogen and oxygen atoms in total. The number of rotatable bonds is 3. The van der Waals surface area contributed by atoms with E-state index in [9.17, 15) is 9.90 Å². The predicted molar refractivity (Wildman–Crippen MR) is 61.2 cm³/mol. The van der Waals surface area contributed by atoms with Crippen molar-refractivity contribution in [3.63, 3.8) is 0 Å². The lowest BCUT2D eigenvalue weighted by Crippen LogP contribution is -2.41. The first kappa shape index (κ1) is 11.9. The van der Waals surface area contributed by atoms with E-state index in [4.69, 9.17) is 4.74 Å². The summed E-state index contributed by atoms with van der Waals surface area (Å²) < 4.78 is 5.35. The Hall–Kier alpha value is -0.570. The minimum atomic E-state index is -0.634. The van der Waals surface area contributed by atoms with E-state index in [2.05, 4.69) is 6.92 Å². The quantitative estimate of drug-likeness (QED) is 0.804. The van der Waals surface area contributed by atoms with Crippen molar-refractivity contribution in [2.45, 2.75) is 45.4 Å². The molecule has 1 unspecified atom stereocenters. The molecule has 3 heteroatoms. The maximum absolute atomic E-state index is 11.5. The van der Waals surface area contributed by atoms with Crippen LogP contribution in [0.25, 0.3) is 0 Å². The first-order valence-corrected chi connectivity index (χ1v) is 6.50. The molecule has 1 N–H and O–H groups in total. The number of hydrogen-bond donors (Lipinski definition) is 1. The summed E-state index contributed by atoms with van der Waals surface area (Å²) in [6.45, 7) is 3.29. The molecule has 0 aromatic rings. The average Bonchev–Trinajstić information content (AvgIpc) is 2.79. The number of carboxylic acid groups (broad SMARTS) is 1. The van der Waals surface area contributed by atoms with Gasteiger partial charge in [0.05, 0.1) is 12.0 Å². The molecule has 92 valence electrons. The fraction of sp³-hybridized carbons (Fsp3) is 0.923. The van der Waals surface area contributed by atoms with Gasteiger partial charge in [0.25, 0.3) is 0 Å². The molecule has 1 heterocycles. The number of ether oxygens (including phenoxy) is 1. The van der Waals surface area contributed by atoms with Gasteiger partial charge in [-0.25, -0.2) is 0 Å². The summed E-state index contributed by atoms with van der Waals surface area (Å²) in [6, 6.07) is 0. The molecule has 1 saturated carbocycles. The third-order valence-corrected chi connectivity index (χ3v) is 4.68. The Labute approximate surface area is 97.2 Å². The van der Waals surface area contributed by atoms with Crippen LogP contribution < -0.4 is 0 Å². The molecule has 2 rings (SSSR count). The maximum atomic E-state index is 11.5. The first-order chi connectivity index (χ1) is 7.69. The summed E-state index contributed by atoms with van der Waals surface area (Å²) in [5.41, 5.74) is -0.557. The molecule has 1 atom stereocenters. The minimum absolute atomic E-state index is 0.343. The molecular formula is C13H22O3. The van der Waals surface area contributed by atoms with Crippen LogP contribution in [0.3, 0.4) is 0 Å². The Morgan fingerprint density at radius 3 is 2.50 bits per heavy atom. The molecule has 0 radical (unpaired) electrons. The Morgan fingerprint density at radius 1 is 1.38 bits per heavy atom. The number of carboxylic acids is 1. The molecule has 0 bridgehead atoms. The third kappa shape index (κ3) is 1.97. The summed E-state index contributed by atoms with van der Waals surface area (Å²) in [7, 11) is 0. The van der Waals surface area contributed by atoms with Gasteiger partial charge in [0.2, 0.25) is 0 Å². The second kappa shape index (κ2) is 4.74. The van der Waals surface area contributed by atoms with Crippen molar-refractivity contribution in [2.24, 2.45) is 17.3 Å². The zero-order chi connectivity index (χ0) is 11.6. The summed E-state index contributed by atoms with van der Waals surface area (Å²) in [5.74, 6) is 0.532. The van der Waals surface area contributed by atoms with Crippen LogP contribution in [0, 0.1) is 17.3 Å². The number of carbonyl (C=O) groups is 1. The highest BCUT2D eigenvalue weighted by molar-refractivity contribution is 5.75. The topological polar surface area (TPSA) is 46.5 Å². The van der Waals surface area contributed by atoms with Gasteiger partial charge in [-0.15, -0.1) is 0 Å². The van der Waals surface area contributed by atoms with Gasteiger partial charge in [-0.05, 0) is 31.1 Å². The zero-order valence-corrected chi connectivity index (χ0v) is 10.1. The Kier molecular flexibility index (Phi) is 3.53. The molecule has 0 amide bonds. The van der Waals surface area contributed by atoms with Crippen LogP contribution in [-0.2, 0) is 9.53 Å². The van der Waals surface area contributed by atoms with E-state index in [0.29, 0.717) is 25.6 Å².